The van der Waals surface area contributed by atoms with Gasteiger partial charge < -0.3 is 4.74 Å². The average molecular weight is 396 g/mol. The molecular weight excluding hydrogens is 384 g/mol. The Morgan fingerprint density at radius 3 is 2.23 bits per heavy atom. The summed E-state index contributed by atoms with van der Waals surface area (Å²) in [6, 6.07) is 0. The van der Waals surface area contributed by atoms with Gasteiger partial charge in [0.25, 0.3) is 0 Å². The second kappa shape index (κ2) is 8.65. The third-order valence-electron chi connectivity index (χ3n) is 2.89. The summed E-state index contributed by atoms with van der Waals surface area (Å²) in [6.45, 7) is 3.79. The maximum Gasteiger partial charge on any atom is 0.344 e. The van der Waals surface area contributed by atoms with Crippen molar-refractivity contribution in [3.05, 3.63) is 50.8 Å². The first-order valence-corrected chi connectivity index (χ1v) is 8.26. The number of azide groups is 1. The lowest BCUT2D eigenvalue weighted by Gasteiger charge is -2.10. The molecule has 0 aliphatic carbocycles. The SMILES string of the molecule is C=C(C)S(=O)(=O)NCCCOC(=O)c1c(F)c(F)c(N=[N+]=[N-])c(F)c1F. The molecule has 0 heterocycles. The fourth-order valence-electron chi connectivity index (χ4n) is 1.57. The van der Waals surface area contributed by atoms with Crippen molar-refractivity contribution in [3.63, 3.8) is 0 Å². The molecule has 0 saturated heterocycles. The maximum atomic E-state index is 13.7. The van der Waals surface area contributed by atoms with E-state index in [2.05, 4.69) is 21.2 Å². The number of carbonyl (C=O) groups is 1. The molecule has 8 nitrogen and oxygen atoms in total. The van der Waals surface area contributed by atoms with E-state index >= 15 is 0 Å². The molecule has 0 spiro atoms. The van der Waals surface area contributed by atoms with Crippen molar-refractivity contribution in [1.82, 2.24) is 4.72 Å². The second-order valence-corrected chi connectivity index (χ2v) is 6.75. The largest absolute Gasteiger partial charge is 0.462 e. The monoisotopic (exact) mass is 396 g/mol. The summed E-state index contributed by atoms with van der Waals surface area (Å²) in [6.07, 6.45) is -0.0940. The minimum atomic E-state index is -3.73. The molecule has 1 rings (SSSR count). The van der Waals surface area contributed by atoms with E-state index in [0.29, 0.717) is 0 Å². The van der Waals surface area contributed by atoms with E-state index < -0.39 is 57.1 Å². The summed E-state index contributed by atoms with van der Waals surface area (Å²) < 4.78 is 83.9. The Labute approximate surface area is 145 Å². The highest BCUT2D eigenvalue weighted by Gasteiger charge is 2.29. The Kier molecular flexibility index (Phi) is 7.12. The molecule has 26 heavy (non-hydrogen) atoms. The molecular formula is C13H12F4N4O4S. The van der Waals surface area contributed by atoms with Crippen LogP contribution in [0.25, 0.3) is 10.4 Å². The number of carbonyl (C=O) groups excluding carboxylic acids is 1. The fourth-order valence-corrected chi connectivity index (χ4v) is 2.23. The predicted octanol–water partition coefficient (Wildman–Crippen LogP) is 3.18. The summed E-state index contributed by atoms with van der Waals surface area (Å²) in [4.78, 5) is 13.5. The highest BCUT2D eigenvalue weighted by Crippen LogP contribution is 2.30. The topological polar surface area (TPSA) is 121 Å². The van der Waals surface area contributed by atoms with Gasteiger partial charge in [-0.1, -0.05) is 11.7 Å². The Bertz CT molecular complexity index is 869. The number of nitrogens with zero attached hydrogens (tertiary/aromatic N) is 3. The number of nitrogens with one attached hydrogen (secondary N) is 1. The Hall–Kier alpha value is -2.63. The third-order valence-corrected chi connectivity index (χ3v) is 4.40. The lowest BCUT2D eigenvalue weighted by atomic mass is 10.1. The van der Waals surface area contributed by atoms with Crippen LogP contribution in [0.3, 0.4) is 0 Å². The van der Waals surface area contributed by atoms with Gasteiger partial charge >= 0.3 is 5.97 Å². The number of hydrogen-bond acceptors (Lipinski definition) is 5. The van der Waals surface area contributed by atoms with Crippen LogP contribution < -0.4 is 4.72 Å². The summed E-state index contributed by atoms with van der Waals surface area (Å²) in [5, 5.41) is 2.48. The number of sulfonamides is 1. The average Bonchev–Trinajstić information content (AvgIpc) is 2.56. The zero-order chi connectivity index (χ0) is 20.1. The molecule has 0 fully saturated rings. The number of esters is 1. The van der Waals surface area contributed by atoms with Gasteiger partial charge in [0.1, 0.15) is 11.3 Å². The van der Waals surface area contributed by atoms with Crippen molar-refractivity contribution in [2.24, 2.45) is 5.11 Å². The molecule has 1 aromatic carbocycles. The van der Waals surface area contributed by atoms with Gasteiger partial charge in [-0.25, -0.2) is 35.5 Å². The van der Waals surface area contributed by atoms with Gasteiger partial charge in [-0.05, 0) is 18.9 Å². The van der Waals surface area contributed by atoms with Crippen molar-refractivity contribution >= 4 is 21.7 Å². The highest BCUT2D eigenvalue weighted by molar-refractivity contribution is 7.93. The van der Waals surface area contributed by atoms with Crippen LogP contribution in [0.1, 0.15) is 23.7 Å². The van der Waals surface area contributed by atoms with Crippen LogP contribution in [0.15, 0.2) is 16.6 Å². The summed E-state index contributed by atoms with van der Waals surface area (Å²) in [5.74, 6) is -9.99. The molecule has 0 amide bonds. The van der Waals surface area contributed by atoms with Crippen molar-refractivity contribution in [1.29, 1.82) is 0 Å². The standard InChI is InChI=1S/C13H12F4N4O4S/c1-6(2)26(23,24)19-4-3-5-25-13(22)7-8(14)10(16)12(20-21-18)11(17)9(7)15/h19H,1,3-5H2,2H3. The van der Waals surface area contributed by atoms with E-state index in [9.17, 15) is 30.8 Å². The first-order chi connectivity index (χ1) is 12.0. The van der Waals surface area contributed by atoms with Gasteiger partial charge in [-0.3, -0.25) is 0 Å². The number of allylic oxidation sites excluding steroid dienone is 1. The molecule has 13 heteroatoms. The number of rotatable bonds is 8. The van der Waals surface area contributed by atoms with Gasteiger partial charge in [0.15, 0.2) is 23.3 Å². The van der Waals surface area contributed by atoms with E-state index in [1.807, 2.05) is 4.91 Å². The Morgan fingerprint density at radius 2 is 1.77 bits per heavy atom. The van der Waals surface area contributed by atoms with Crippen LogP contribution in [-0.2, 0) is 14.8 Å². The van der Waals surface area contributed by atoms with Gasteiger partial charge in [-0.2, -0.15) is 0 Å². The molecule has 1 aromatic rings. The molecule has 0 aliphatic heterocycles. The molecule has 0 bridgehead atoms. The maximum absolute atomic E-state index is 13.7. The number of halogens is 4. The molecule has 142 valence electrons. The summed E-state index contributed by atoms with van der Waals surface area (Å²) in [5.41, 5.74) is 4.92. The van der Waals surface area contributed by atoms with Gasteiger partial charge in [0.05, 0.1) is 6.61 Å². The fraction of sp³-hybridized carbons (Fsp3) is 0.308. The minimum absolute atomic E-state index is 0.0940. The van der Waals surface area contributed by atoms with E-state index in [1.54, 1.807) is 0 Å². The Morgan fingerprint density at radius 1 is 1.23 bits per heavy atom. The van der Waals surface area contributed by atoms with Crippen molar-refractivity contribution in [3.8, 4) is 0 Å². The van der Waals surface area contributed by atoms with Crippen molar-refractivity contribution in [2.45, 2.75) is 13.3 Å². The first kappa shape index (κ1) is 21.4. The molecule has 0 atom stereocenters. The Balaban J connectivity index is 2.83. The van der Waals surface area contributed by atoms with E-state index in [4.69, 9.17) is 5.53 Å². The minimum Gasteiger partial charge on any atom is -0.462 e. The first-order valence-electron chi connectivity index (χ1n) is 6.78. The lowest BCUT2D eigenvalue weighted by Crippen LogP contribution is -2.26. The normalized spacial score (nSPS) is 11.0. The molecule has 0 radical (unpaired) electrons. The van der Waals surface area contributed by atoms with Crippen LogP contribution in [0.5, 0.6) is 0 Å². The smallest absolute Gasteiger partial charge is 0.344 e. The second-order valence-electron chi connectivity index (χ2n) is 4.76. The zero-order valence-corrected chi connectivity index (χ0v) is 14.0. The van der Waals surface area contributed by atoms with Gasteiger partial charge in [0.2, 0.25) is 10.0 Å². The van der Waals surface area contributed by atoms with E-state index in [-0.39, 0.29) is 17.9 Å². The zero-order valence-electron chi connectivity index (χ0n) is 13.2. The van der Waals surface area contributed by atoms with Crippen LogP contribution in [-0.4, -0.2) is 27.5 Å². The third kappa shape index (κ3) is 4.71. The highest BCUT2D eigenvalue weighted by atomic mass is 32.2. The molecule has 0 aliphatic rings. The van der Waals surface area contributed by atoms with Crippen molar-refractivity contribution < 1.29 is 35.5 Å². The van der Waals surface area contributed by atoms with Gasteiger partial charge in [-0.15, -0.1) is 0 Å². The molecule has 0 unspecified atom stereocenters. The van der Waals surface area contributed by atoms with Crippen LogP contribution in [0, 0.1) is 23.3 Å². The molecule has 1 N–H and O–H groups in total. The summed E-state index contributed by atoms with van der Waals surface area (Å²) in [7, 11) is -3.73. The molecule has 0 saturated carbocycles. The van der Waals surface area contributed by atoms with Crippen LogP contribution in [0.2, 0.25) is 0 Å². The van der Waals surface area contributed by atoms with Crippen LogP contribution >= 0.6 is 0 Å². The van der Waals surface area contributed by atoms with Gasteiger partial charge in [0, 0.05) is 16.4 Å². The van der Waals surface area contributed by atoms with Crippen molar-refractivity contribution in [2.75, 3.05) is 13.2 Å². The number of hydrogen-bond donors (Lipinski definition) is 1. The van der Waals surface area contributed by atoms with Crippen LogP contribution in [0.4, 0.5) is 23.2 Å². The lowest BCUT2D eigenvalue weighted by molar-refractivity contribution is 0.0488. The summed E-state index contributed by atoms with van der Waals surface area (Å²) >= 11 is 0. The predicted molar refractivity (Wildman–Crippen MR) is 81.7 cm³/mol. The van der Waals surface area contributed by atoms with E-state index in [1.165, 1.54) is 6.92 Å². The quantitative estimate of drug-likeness (QED) is 0.138. The molecule has 0 aromatic heterocycles. The number of ether oxygens (including phenoxy) is 1. The van der Waals surface area contributed by atoms with E-state index in [0.717, 1.165) is 0 Å². The number of benzene rings is 1.